The number of benzene rings is 18. The van der Waals surface area contributed by atoms with Gasteiger partial charge < -0.3 is 0 Å². The third-order valence-electron chi connectivity index (χ3n) is 18.5. The molecule has 0 heteroatoms. The van der Waals surface area contributed by atoms with Crippen molar-refractivity contribution in [3.8, 4) is 0 Å². The van der Waals surface area contributed by atoms with Crippen molar-refractivity contribution in [2.75, 3.05) is 0 Å². The topological polar surface area (TPSA) is 0 Å². The van der Waals surface area contributed by atoms with Crippen molar-refractivity contribution < 1.29 is 0 Å². The smallest absolute Gasteiger partial charge is 0.00239 e. The van der Waals surface area contributed by atoms with Crippen molar-refractivity contribution in [2.45, 2.75) is 69.2 Å². The molecule has 0 unspecified atom stereocenters. The third kappa shape index (κ3) is 9.61. The summed E-state index contributed by atoms with van der Waals surface area (Å²) in [7, 11) is 0. The van der Waals surface area contributed by atoms with Crippen LogP contribution in [0.4, 0.5) is 0 Å². The van der Waals surface area contributed by atoms with Crippen LogP contribution >= 0.6 is 0 Å². The summed E-state index contributed by atoms with van der Waals surface area (Å²) in [5, 5.41) is 35.6. The maximum Gasteiger partial charge on any atom is -0.00239 e. The molecule has 0 aliphatic rings. The lowest BCUT2D eigenvalue weighted by atomic mass is 9.90. The van der Waals surface area contributed by atoms with Gasteiger partial charge >= 0.3 is 0 Å². The molecule has 0 aliphatic carbocycles. The average Bonchev–Trinajstić information content (AvgIpc) is 0.845. The van der Waals surface area contributed by atoms with E-state index in [4.69, 9.17) is 0 Å². The molecule has 0 bridgehead atoms. The molecule has 0 amide bonds. The van der Waals surface area contributed by atoms with Gasteiger partial charge in [-0.1, -0.05) is 236 Å². The minimum Gasteiger partial charge on any atom is -0.0616 e. The van der Waals surface area contributed by atoms with E-state index in [0.717, 1.165) is 0 Å². The van der Waals surface area contributed by atoms with Crippen molar-refractivity contribution in [3.05, 3.63) is 298 Å². The first-order valence-electron chi connectivity index (χ1n) is 30.4. The van der Waals surface area contributed by atoms with E-state index in [2.05, 4.69) is 312 Å². The van der Waals surface area contributed by atoms with E-state index in [1.165, 1.54) is 196 Å². The van der Waals surface area contributed by atoms with Crippen molar-refractivity contribution in [1.29, 1.82) is 0 Å². The van der Waals surface area contributed by atoms with Crippen LogP contribution in [0.1, 0.15) is 55.6 Å². The molecule has 0 saturated carbocycles. The van der Waals surface area contributed by atoms with Crippen molar-refractivity contribution in [3.63, 3.8) is 0 Å². The van der Waals surface area contributed by atoms with Gasteiger partial charge in [-0.05, 0) is 272 Å². The Labute approximate surface area is 504 Å². The van der Waals surface area contributed by atoms with Gasteiger partial charge in [0, 0.05) is 0 Å². The van der Waals surface area contributed by atoms with E-state index in [-0.39, 0.29) is 0 Å². The zero-order valence-corrected chi connectivity index (χ0v) is 51.1. The fourth-order valence-electron chi connectivity index (χ4n) is 14.2. The summed E-state index contributed by atoms with van der Waals surface area (Å²) < 4.78 is 0. The molecule has 0 N–H and O–H groups in total. The molecular formula is C86H70. The van der Waals surface area contributed by atoms with Gasteiger partial charge in [0.25, 0.3) is 0 Å². The lowest BCUT2D eigenvalue weighted by molar-refractivity contribution is 1.50. The minimum atomic E-state index is 1.32. The Kier molecular flexibility index (Phi) is 13.6. The van der Waals surface area contributed by atoms with Gasteiger partial charge in [0.2, 0.25) is 0 Å². The quantitative estimate of drug-likeness (QED) is 0.105. The van der Waals surface area contributed by atoms with Crippen LogP contribution in [0.25, 0.3) is 140 Å². The van der Waals surface area contributed by atoms with Crippen LogP contribution in [0.15, 0.2) is 243 Å². The highest BCUT2D eigenvalue weighted by molar-refractivity contribution is 6.26. The van der Waals surface area contributed by atoms with E-state index < -0.39 is 0 Å². The molecule has 0 saturated heterocycles. The monoisotopic (exact) mass is 1100 g/mol. The predicted octanol–water partition coefficient (Wildman–Crippen LogP) is 24.8. The normalized spacial score (nSPS) is 11.6. The van der Waals surface area contributed by atoms with Crippen LogP contribution < -0.4 is 0 Å². The molecule has 0 spiro atoms. The fraction of sp³-hybridized carbons (Fsp3) is 0.116. The average molecular weight is 1100 g/mol. The SMILES string of the molecule is Cc1cc2ccc3cc(C)cc4ccc(c1)c2c34.Cc1cc2cccc3c(C)cc4cccc1c4c23.Cc1ccc2cc3cc(C)ccc3cc2c1.Cc1ccc2ccc3c(C)ccc4ccc1c2c43.Cc1cccc2c(C)c3ccccc3cc12. The Morgan fingerprint density at radius 1 is 0.151 bits per heavy atom. The van der Waals surface area contributed by atoms with Crippen LogP contribution in [0, 0.1) is 69.2 Å². The molecule has 0 aromatic heterocycles. The summed E-state index contributed by atoms with van der Waals surface area (Å²) in [4.78, 5) is 0. The van der Waals surface area contributed by atoms with E-state index in [1.807, 2.05) is 0 Å². The standard InChI is InChI=1S/3C18H14.2C16H14/c1-11-9-13-5-4-8-16-12(2)10-14-6-3-7-15(11)17(14)18(13)16;1-11-7-13-3-5-15-9-12(2)10-16-6-4-14(8-11)17(13)18(15)16;1-11-3-5-13-8-10-16-12(2)4-6-14-7-9-15(11)17(13)18(14)16;1-11-3-5-13-10-16-8-12(2)4-6-14(16)9-15(13)7-11;1-11-6-5-9-15-12(2)14-8-4-3-7-13(14)10-16(11)15/h3*3-10H,1-2H3;2*3-10H,1-2H3. The molecule has 18 aromatic rings. The molecule has 0 heterocycles. The van der Waals surface area contributed by atoms with Crippen molar-refractivity contribution in [2.24, 2.45) is 0 Å². The zero-order chi connectivity index (χ0) is 59.1. The second kappa shape index (κ2) is 21.6. The third-order valence-corrected chi connectivity index (χ3v) is 18.5. The highest BCUT2D eigenvalue weighted by atomic mass is 14.2. The molecule has 0 atom stereocenters. The Bertz CT molecular complexity index is 5270. The summed E-state index contributed by atoms with van der Waals surface area (Å²) in [6.45, 7) is 21.8. The van der Waals surface area contributed by atoms with E-state index >= 15 is 0 Å². The van der Waals surface area contributed by atoms with Crippen LogP contribution in [0.5, 0.6) is 0 Å². The van der Waals surface area contributed by atoms with Gasteiger partial charge in [-0.15, -0.1) is 0 Å². The Morgan fingerprint density at radius 3 is 0.977 bits per heavy atom. The van der Waals surface area contributed by atoms with Gasteiger partial charge in [-0.3, -0.25) is 0 Å². The predicted molar refractivity (Wildman–Crippen MR) is 381 cm³/mol. The van der Waals surface area contributed by atoms with Gasteiger partial charge in [0.1, 0.15) is 0 Å². The Balaban J connectivity index is 0.0000000951. The number of aryl methyl sites for hydroxylation is 10. The highest BCUT2D eigenvalue weighted by Gasteiger charge is 2.14. The summed E-state index contributed by atoms with van der Waals surface area (Å²) >= 11 is 0. The molecule has 414 valence electrons. The zero-order valence-electron chi connectivity index (χ0n) is 51.1. The van der Waals surface area contributed by atoms with Gasteiger partial charge in [0.05, 0.1) is 0 Å². The number of fused-ring (bicyclic) bond motifs is 4. The first-order chi connectivity index (χ1) is 41.7. The number of rotatable bonds is 0. The molecule has 18 aromatic carbocycles. The van der Waals surface area contributed by atoms with E-state index in [9.17, 15) is 0 Å². The minimum absolute atomic E-state index is 1.32. The van der Waals surface area contributed by atoms with Crippen LogP contribution in [0.2, 0.25) is 0 Å². The second-order valence-corrected chi connectivity index (χ2v) is 24.6. The van der Waals surface area contributed by atoms with E-state index in [1.54, 1.807) is 0 Å². The largest absolute Gasteiger partial charge is 0.0616 e. The first-order valence-corrected chi connectivity index (χ1v) is 30.4. The fourth-order valence-corrected chi connectivity index (χ4v) is 14.2. The Morgan fingerprint density at radius 2 is 0.488 bits per heavy atom. The van der Waals surface area contributed by atoms with Crippen LogP contribution in [-0.4, -0.2) is 0 Å². The van der Waals surface area contributed by atoms with E-state index in [0.29, 0.717) is 0 Å². The van der Waals surface area contributed by atoms with Gasteiger partial charge in [-0.2, -0.15) is 0 Å². The molecular weight excluding hydrogens is 1030 g/mol. The molecule has 0 radical (unpaired) electrons. The lowest BCUT2D eigenvalue weighted by Gasteiger charge is -2.14. The number of hydrogen-bond acceptors (Lipinski definition) is 0. The highest BCUT2D eigenvalue weighted by Crippen LogP contribution is 2.40. The number of hydrogen-bond donors (Lipinski definition) is 0. The maximum absolute atomic E-state index is 2.31. The van der Waals surface area contributed by atoms with Crippen LogP contribution in [0.3, 0.4) is 0 Å². The Hall–Kier alpha value is -9.88. The molecule has 0 aliphatic heterocycles. The van der Waals surface area contributed by atoms with Crippen molar-refractivity contribution >= 4 is 140 Å². The molecule has 0 nitrogen and oxygen atoms in total. The second-order valence-electron chi connectivity index (χ2n) is 24.6. The summed E-state index contributed by atoms with van der Waals surface area (Å²) in [6.07, 6.45) is 0. The lowest BCUT2D eigenvalue weighted by Crippen LogP contribution is -1.88. The summed E-state index contributed by atoms with van der Waals surface area (Å²) in [5.41, 5.74) is 13.5. The summed E-state index contributed by atoms with van der Waals surface area (Å²) in [6, 6.07) is 89.1. The molecule has 86 heavy (non-hydrogen) atoms. The molecule has 0 fully saturated rings. The van der Waals surface area contributed by atoms with Crippen LogP contribution in [-0.2, 0) is 0 Å². The van der Waals surface area contributed by atoms with Gasteiger partial charge in [0.15, 0.2) is 0 Å². The van der Waals surface area contributed by atoms with Crippen molar-refractivity contribution in [1.82, 2.24) is 0 Å². The molecule has 18 rings (SSSR count). The first kappa shape index (κ1) is 54.1. The summed E-state index contributed by atoms with van der Waals surface area (Å²) in [5.74, 6) is 0. The maximum atomic E-state index is 2.31. The van der Waals surface area contributed by atoms with Gasteiger partial charge in [-0.25, -0.2) is 0 Å².